The first-order chi connectivity index (χ1) is 7.25. The average molecular weight is 203 g/mol. The molecular formula is C9H9N5O. The summed E-state index contributed by atoms with van der Waals surface area (Å²) in [5.41, 5.74) is 0.575. The lowest BCUT2D eigenvalue weighted by atomic mass is 10.5. The number of aromatic nitrogens is 4. The van der Waals surface area contributed by atoms with E-state index >= 15 is 0 Å². The van der Waals surface area contributed by atoms with E-state index < -0.39 is 0 Å². The van der Waals surface area contributed by atoms with Gasteiger partial charge in [-0.1, -0.05) is 0 Å². The largest absolute Gasteiger partial charge is 0.324 e. The van der Waals surface area contributed by atoms with Crippen molar-refractivity contribution in [2.75, 3.05) is 5.32 Å². The average Bonchev–Trinajstić information content (AvgIpc) is 2.71. The van der Waals surface area contributed by atoms with Gasteiger partial charge in [0.1, 0.15) is 6.33 Å². The summed E-state index contributed by atoms with van der Waals surface area (Å²) in [6.07, 6.45) is 8.08. The van der Waals surface area contributed by atoms with E-state index in [0.717, 1.165) is 0 Å². The summed E-state index contributed by atoms with van der Waals surface area (Å²) in [7, 11) is 0. The van der Waals surface area contributed by atoms with E-state index in [0.29, 0.717) is 11.6 Å². The van der Waals surface area contributed by atoms with Gasteiger partial charge in [0.05, 0.1) is 18.1 Å². The van der Waals surface area contributed by atoms with Crippen LogP contribution in [-0.4, -0.2) is 25.4 Å². The van der Waals surface area contributed by atoms with Crippen molar-refractivity contribution in [1.82, 2.24) is 19.5 Å². The molecule has 0 unspecified atom stereocenters. The third-order valence-electron chi connectivity index (χ3n) is 1.69. The molecule has 1 amide bonds. The van der Waals surface area contributed by atoms with E-state index in [4.69, 9.17) is 0 Å². The number of imidazole rings is 1. The number of carbonyl (C=O) groups is 1. The summed E-state index contributed by atoms with van der Waals surface area (Å²) in [5, 5.41) is 2.59. The Balaban J connectivity index is 2.21. The van der Waals surface area contributed by atoms with Crippen molar-refractivity contribution in [2.45, 2.75) is 6.92 Å². The first-order valence-corrected chi connectivity index (χ1v) is 4.33. The Labute approximate surface area is 86.0 Å². The second kappa shape index (κ2) is 3.87. The summed E-state index contributed by atoms with van der Waals surface area (Å²) < 4.78 is 1.68. The summed E-state index contributed by atoms with van der Waals surface area (Å²) in [4.78, 5) is 22.8. The zero-order valence-electron chi connectivity index (χ0n) is 8.08. The minimum absolute atomic E-state index is 0.144. The molecule has 0 atom stereocenters. The first-order valence-electron chi connectivity index (χ1n) is 4.33. The van der Waals surface area contributed by atoms with Crippen LogP contribution in [0.25, 0.3) is 5.95 Å². The number of hydrogen-bond acceptors (Lipinski definition) is 4. The molecule has 0 aliphatic heterocycles. The smallest absolute Gasteiger partial charge is 0.234 e. The highest BCUT2D eigenvalue weighted by Gasteiger charge is 2.00. The summed E-state index contributed by atoms with van der Waals surface area (Å²) in [6, 6.07) is 0. The highest BCUT2D eigenvalue weighted by Crippen LogP contribution is 2.05. The van der Waals surface area contributed by atoms with E-state index in [1.165, 1.54) is 6.92 Å². The van der Waals surface area contributed by atoms with Gasteiger partial charge in [-0.2, -0.15) is 0 Å². The molecule has 0 aromatic carbocycles. The fraction of sp³-hybridized carbons (Fsp3) is 0.111. The van der Waals surface area contributed by atoms with Crippen LogP contribution >= 0.6 is 0 Å². The molecule has 2 aromatic rings. The fourth-order valence-corrected chi connectivity index (χ4v) is 1.10. The quantitative estimate of drug-likeness (QED) is 0.776. The van der Waals surface area contributed by atoms with Crippen LogP contribution in [0.4, 0.5) is 5.69 Å². The monoisotopic (exact) mass is 203 g/mol. The van der Waals surface area contributed by atoms with Gasteiger partial charge >= 0.3 is 0 Å². The topological polar surface area (TPSA) is 72.7 Å². The van der Waals surface area contributed by atoms with Gasteiger partial charge in [-0.15, -0.1) is 0 Å². The van der Waals surface area contributed by atoms with Gasteiger partial charge in [0.2, 0.25) is 11.9 Å². The molecule has 6 nitrogen and oxygen atoms in total. The maximum Gasteiger partial charge on any atom is 0.234 e. The lowest BCUT2D eigenvalue weighted by Gasteiger charge is -2.02. The number of nitrogens with one attached hydrogen (secondary N) is 1. The van der Waals surface area contributed by atoms with Crippen molar-refractivity contribution in [1.29, 1.82) is 0 Å². The van der Waals surface area contributed by atoms with E-state index in [9.17, 15) is 4.79 Å². The predicted molar refractivity (Wildman–Crippen MR) is 53.5 cm³/mol. The molecule has 0 aliphatic rings. The molecule has 0 saturated heterocycles. The molecule has 0 fully saturated rings. The minimum Gasteiger partial charge on any atom is -0.324 e. The molecule has 0 bridgehead atoms. The van der Waals surface area contributed by atoms with Crippen LogP contribution in [0.3, 0.4) is 0 Å². The lowest BCUT2D eigenvalue weighted by Crippen LogP contribution is -2.07. The summed E-state index contributed by atoms with van der Waals surface area (Å²) in [6.45, 7) is 1.43. The molecule has 0 aliphatic carbocycles. The van der Waals surface area contributed by atoms with Gasteiger partial charge in [0, 0.05) is 19.3 Å². The molecule has 0 saturated carbocycles. The third-order valence-corrected chi connectivity index (χ3v) is 1.69. The van der Waals surface area contributed by atoms with Gasteiger partial charge < -0.3 is 5.32 Å². The van der Waals surface area contributed by atoms with Crippen molar-refractivity contribution >= 4 is 11.6 Å². The van der Waals surface area contributed by atoms with Crippen molar-refractivity contribution in [3.63, 3.8) is 0 Å². The number of rotatable bonds is 2. The molecule has 2 aromatic heterocycles. The van der Waals surface area contributed by atoms with E-state index in [2.05, 4.69) is 20.3 Å². The standard InChI is InChI=1S/C9H9N5O/c1-7(15)13-8-4-11-9(12-5-8)14-3-2-10-6-14/h2-6H,1H3,(H,13,15). The Hall–Kier alpha value is -2.24. The highest BCUT2D eigenvalue weighted by molar-refractivity contribution is 5.88. The second-order valence-corrected chi connectivity index (χ2v) is 2.92. The van der Waals surface area contributed by atoms with Crippen LogP contribution in [0, 0.1) is 0 Å². The zero-order valence-corrected chi connectivity index (χ0v) is 8.08. The molecular weight excluding hydrogens is 194 g/mol. The third kappa shape index (κ3) is 2.16. The highest BCUT2D eigenvalue weighted by atomic mass is 16.1. The van der Waals surface area contributed by atoms with Crippen molar-refractivity contribution in [3.8, 4) is 5.95 Å². The number of nitrogens with zero attached hydrogens (tertiary/aromatic N) is 4. The number of anilines is 1. The summed E-state index contributed by atoms with van der Waals surface area (Å²) >= 11 is 0. The molecule has 76 valence electrons. The van der Waals surface area contributed by atoms with E-state index in [1.54, 1.807) is 35.7 Å². The SMILES string of the molecule is CC(=O)Nc1cnc(-n2ccnc2)nc1. The fourth-order valence-electron chi connectivity index (χ4n) is 1.10. The van der Waals surface area contributed by atoms with Crippen LogP contribution in [0.15, 0.2) is 31.1 Å². The normalized spacial score (nSPS) is 9.93. The van der Waals surface area contributed by atoms with Gasteiger partial charge in [-0.3, -0.25) is 9.36 Å². The molecule has 2 rings (SSSR count). The predicted octanol–water partition coefficient (Wildman–Crippen LogP) is 0.621. The lowest BCUT2D eigenvalue weighted by molar-refractivity contribution is -0.114. The molecule has 0 spiro atoms. The van der Waals surface area contributed by atoms with Gasteiger partial charge in [-0.25, -0.2) is 15.0 Å². The van der Waals surface area contributed by atoms with Crippen LogP contribution in [0.5, 0.6) is 0 Å². The van der Waals surface area contributed by atoms with Gasteiger partial charge in [0.25, 0.3) is 0 Å². The molecule has 2 heterocycles. The van der Waals surface area contributed by atoms with Crippen LogP contribution < -0.4 is 5.32 Å². The van der Waals surface area contributed by atoms with Crippen LogP contribution in [-0.2, 0) is 4.79 Å². The van der Waals surface area contributed by atoms with E-state index in [1.807, 2.05) is 0 Å². The molecule has 6 heteroatoms. The summed E-state index contributed by atoms with van der Waals surface area (Å²) in [5.74, 6) is 0.371. The van der Waals surface area contributed by atoms with Crippen LogP contribution in [0.2, 0.25) is 0 Å². The maximum absolute atomic E-state index is 10.7. The maximum atomic E-state index is 10.7. The molecule has 0 radical (unpaired) electrons. The Morgan fingerprint density at radius 2 is 2.13 bits per heavy atom. The van der Waals surface area contributed by atoms with Gasteiger partial charge in [-0.05, 0) is 0 Å². The Kier molecular flexibility index (Phi) is 2.40. The minimum atomic E-state index is -0.144. The Morgan fingerprint density at radius 1 is 1.40 bits per heavy atom. The second-order valence-electron chi connectivity index (χ2n) is 2.92. The van der Waals surface area contributed by atoms with Crippen molar-refractivity contribution < 1.29 is 4.79 Å². The number of amides is 1. The zero-order chi connectivity index (χ0) is 10.7. The number of carbonyl (C=O) groups excluding carboxylic acids is 1. The Morgan fingerprint density at radius 3 is 2.67 bits per heavy atom. The van der Waals surface area contributed by atoms with Gasteiger partial charge in [0.15, 0.2) is 0 Å². The molecule has 15 heavy (non-hydrogen) atoms. The van der Waals surface area contributed by atoms with Crippen LogP contribution in [0.1, 0.15) is 6.92 Å². The number of hydrogen-bond donors (Lipinski definition) is 1. The molecule has 1 N–H and O–H groups in total. The first kappa shape index (κ1) is 9.32. The van der Waals surface area contributed by atoms with Crippen molar-refractivity contribution in [3.05, 3.63) is 31.1 Å². The van der Waals surface area contributed by atoms with E-state index in [-0.39, 0.29) is 5.91 Å². The van der Waals surface area contributed by atoms with Crippen molar-refractivity contribution in [2.24, 2.45) is 0 Å². The Bertz CT molecular complexity index is 448.